The van der Waals surface area contributed by atoms with Crippen molar-refractivity contribution in [1.82, 2.24) is 4.90 Å². The van der Waals surface area contributed by atoms with Gasteiger partial charge in [-0.05, 0) is 48.7 Å². The Bertz CT molecular complexity index is 839. The molecular formula is C21H22N2O4. The topological polar surface area (TPSA) is 75.7 Å². The van der Waals surface area contributed by atoms with E-state index in [1.54, 1.807) is 55.6 Å². The van der Waals surface area contributed by atoms with Gasteiger partial charge in [-0.3, -0.25) is 19.3 Å². The predicted octanol–water partition coefficient (Wildman–Crippen LogP) is 3.34. The van der Waals surface area contributed by atoms with Crippen LogP contribution in [0.5, 0.6) is 5.75 Å². The largest absolute Gasteiger partial charge is 0.497 e. The Morgan fingerprint density at radius 2 is 1.56 bits per heavy atom. The normalized spacial score (nSPS) is 14.3. The third kappa shape index (κ3) is 3.69. The molecule has 0 saturated heterocycles. The van der Waals surface area contributed by atoms with Gasteiger partial charge in [0.05, 0.1) is 18.2 Å². The number of hydrogen-bond donors (Lipinski definition) is 1. The molecule has 3 rings (SSSR count). The molecule has 1 aliphatic rings. The average molecular weight is 366 g/mol. The van der Waals surface area contributed by atoms with Crippen LogP contribution < -0.4 is 10.1 Å². The highest BCUT2D eigenvalue weighted by Crippen LogP contribution is 2.27. The Balaban J connectivity index is 1.86. The van der Waals surface area contributed by atoms with E-state index in [9.17, 15) is 14.4 Å². The number of carbonyl (C=O) groups excluding carboxylic acids is 3. The summed E-state index contributed by atoms with van der Waals surface area (Å²) in [6, 6.07) is 12.7. The number of anilines is 1. The Hall–Kier alpha value is -3.15. The zero-order chi connectivity index (χ0) is 19.6. The van der Waals surface area contributed by atoms with E-state index < -0.39 is 17.9 Å². The van der Waals surface area contributed by atoms with Crippen LogP contribution >= 0.6 is 0 Å². The number of rotatable bonds is 6. The molecule has 0 unspecified atom stereocenters. The molecule has 3 amide bonds. The van der Waals surface area contributed by atoms with E-state index in [2.05, 4.69) is 5.32 Å². The van der Waals surface area contributed by atoms with Gasteiger partial charge in [-0.25, -0.2) is 0 Å². The van der Waals surface area contributed by atoms with Crippen LogP contribution in [0.15, 0.2) is 48.5 Å². The van der Waals surface area contributed by atoms with E-state index >= 15 is 0 Å². The van der Waals surface area contributed by atoms with E-state index in [0.29, 0.717) is 29.0 Å². The summed E-state index contributed by atoms with van der Waals surface area (Å²) >= 11 is 0. The number of carbonyl (C=O) groups is 3. The lowest BCUT2D eigenvalue weighted by Gasteiger charge is -2.26. The van der Waals surface area contributed by atoms with Crippen LogP contribution in [-0.2, 0) is 4.79 Å². The highest BCUT2D eigenvalue weighted by molar-refractivity contribution is 6.23. The molecule has 0 radical (unpaired) electrons. The molecule has 0 spiro atoms. The Morgan fingerprint density at radius 1 is 1.00 bits per heavy atom. The summed E-state index contributed by atoms with van der Waals surface area (Å²) in [7, 11) is 1.56. The summed E-state index contributed by atoms with van der Waals surface area (Å²) in [6.45, 7) is 3.90. The van der Waals surface area contributed by atoms with Gasteiger partial charge < -0.3 is 10.1 Å². The van der Waals surface area contributed by atoms with E-state index in [4.69, 9.17) is 4.74 Å². The summed E-state index contributed by atoms with van der Waals surface area (Å²) in [6.07, 6.45) is 0.382. The average Bonchev–Trinajstić information content (AvgIpc) is 2.91. The monoisotopic (exact) mass is 366 g/mol. The molecule has 1 aliphatic heterocycles. The fourth-order valence-electron chi connectivity index (χ4n) is 3.17. The number of nitrogens with zero attached hydrogens (tertiary/aromatic N) is 1. The first-order valence-corrected chi connectivity index (χ1v) is 8.84. The van der Waals surface area contributed by atoms with Crippen molar-refractivity contribution < 1.29 is 19.1 Å². The third-order valence-corrected chi connectivity index (χ3v) is 4.49. The molecule has 0 fully saturated rings. The Labute approximate surface area is 158 Å². The number of nitrogens with one attached hydrogen (secondary N) is 1. The fraction of sp³-hybridized carbons (Fsp3) is 0.286. The van der Waals surface area contributed by atoms with Crippen LogP contribution in [0, 0.1) is 5.92 Å². The van der Waals surface area contributed by atoms with Gasteiger partial charge >= 0.3 is 0 Å². The van der Waals surface area contributed by atoms with Crippen molar-refractivity contribution in [2.24, 2.45) is 5.92 Å². The minimum absolute atomic E-state index is 0.126. The van der Waals surface area contributed by atoms with E-state index in [0.717, 1.165) is 4.90 Å². The van der Waals surface area contributed by atoms with Gasteiger partial charge in [0, 0.05) is 5.69 Å². The first-order valence-electron chi connectivity index (χ1n) is 8.84. The van der Waals surface area contributed by atoms with Gasteiger partial charge in [-0.1, -0.05) is 26.0 Å². The first-order chi connectivity index (χ1) is 12.9. The lowest BCUT2D eigenvalue weighted by atomic mass is 10.0. The van der Waals surface area contributed by atoms with Crippen LogP contribution in [-0.4, -0.2) is 35.8 Å². The number of fused-ring (bicyclic) bond motifs is 1. The summed E-state index contributed by atoms with van der Waals surface area (Å²) in [4.78, 5) is 39.6. The Kier molecular flexibility index (Phi) is 5.26. The molecular weight excluding hydrogens is 344 g/mol. The van der Waals surface area contributed by atoms with Gasteiger partial charge in [-0.2, -0.15) is 0 Å². The predicted molar refractivity (Wildman–Crippen MR) is 102 cm³/mol. The lowest BCUT2D eigenvalue weighted by molar-refractivity contribution is -0.120. The van der Waals surface area contributed by atoms with Crippen molar-refractivity contribution in [3.8, 4) is 5.75 Å². The highest BCUT2D eigenvalue weighted by atomic mass is 16.5. The molecule has 140 valence electrons. The molecule has 2 aromatic rings. The molecule has 6 nitrogen and oxygen atoms in total. The molecule has 0 saturated carbocycles. The van der Waals surface area contributed by atoms with E-state index in [1.807, 2.05) is 13.8 Å². The van der Waals surface area contributed by atoms with Crippen LogP contribution in [0.25, 0.3) is 0 Å². The van der Waals surface area contributed by atoms with Crippen molar-refractivity contribution in [2.45, 2.75) is 26.3 Å². The molecule has 1 N–H and O–H groups in total. The smallest absolute Gasteiger partial charge is 0.262 e. The highest BCUT2D eigenvalue weighted by Gasteiger charge is 2.42. The lowest BCUT2D eigenvalue weighted by Crippen LogP contribution is -2.47. The van der Waals surface area contributed by atoms with Gasteiger partial charge in [0.15, 0.2) is 0 Å². The van der Waals surface area contributed by atoms with Crippen LogP contribution in [0.1, 0.15) is 41.0 Å². The molecule has 0 aromatic heterocycles. The minimum Gasteiger partial charge on any atom is -0.497 e. The van der Waals surface area contributed by atoms with E-state index in [-0.39, 0.29) is 11.8 Å². The van der Waals surface area contributed by atoms with Crippen LogP contribution in [0.2, 0.25) is 0 Å². The summed E-state index contributed by atoms with van der Waals surface area (Å²) in [5, 5.41) is 2.80. The van der Waals surface area contributed by atoms with Crippen LogP contribution in [0.3, 0.4) is 0 Å². The number of imide groups is 1. The minimum atomic E-state index is -0.875. The number of amides is 3. The first kappa shape index (κ1) is 18.6. The van der Waals surface area contributed by atoms with Gasteiger partial charge in [0.25, 0.3) is 11.8 Å². The third-order valence-electron chi connectivity index (χ3n) is 4.49. The molecule has 2 aromatic carbocycles. The molecule has 0 aliphatic carbocycles. The van der Waals surface area contributed by atoms with Gasteiger partial charge in [-0.15, -0.1) is 0 Å². The molecule has 1 atom stereocenters. The Morgan fingerprint density at radius 3 is 2.04 bits per heavy atom. The van der Waals surface area contributed by atoms with Gasteiger partial charge in [0.1, 0.15) is 11.8 Å². The molecule has 0 bridgehead atoms. The molecule has 27 heavy (non-hydrogen) atoms. The zero-order valence-electron chi connectivity index (χ0n) is 15.6. The van der Waals surface area contributed by atoms with Crippen molar-refractivity contribution in [3.63, 3.8) is 0 Å². The van der Waals surface area contributed by atoms with Gasteiger partial charge in [0.2, 0.25) is 5.91 Å². The quantitative estimate of drug-likeness (QED) is 0.796. The standard InChI is InChI=1S/C21H22N2O4/c1-13(2)12-18(19(24)22-14-8-10-15(27-3)11-9-14)23-20(25)16-6-4-5-7-17(16)21(23)26/h4-11,13,18H,12H2,1-3H3,(H,22,24)/t18-/m0/s1. The zero-order valence-corrected chi connectivity index (χ0v) is 15.6. The molecule has 6 heteroatoms. The number of ether oxygens (including phenoxy) is 1. The second-order valence-electron chi connectivity index (χ2n) is 6.89. The number of benzene rings is 2. The van der Waals surface area contributed by atoms with Crippen LogP contribution in [0.4, 0.5) is 5.69 Å². The van der Waals surface area contributed by atoms with Crippen molar-refractivity contribution in [3.05, 3.63) is 59.7 Å². The second-order valence-corrected chi connectivity index (χ2v) is 6.89. The second kappa shape index (κ2) is 7.61. The summed E-state index contributed by atoms with van der Waals surface area (Å²) in [5.74, 6) is -0.436. The maximum absolute atomic E-state index is 12.9. The maximum atomic E-state index is 12.9. The number of methoxy groups -OCH3 is 1. The van der Waals surface area contributed by atoms with Crippen molar-refractivity contribution in [2.75, 3.05) is 12.4 Å². The summed E-state index contributed by atoms with van der Waals surface area (Å²) in [5.41, 5.74) is 1.26. The summed E-state index contributed by atoms with van der Waals surface area (Å²) < 4.78 is 5.11. The van der Waals surface area contributed by atoms with Crippen molar-refractivity contribution >= 4 is 23.4 Å². The maximum Gasteiger partial charge on any atom is 0.262 e. The van der Waals surface area contributed by atoms with Crippen molar-refractivity contribution in [1.29, 1.82) is 0 Å². The number of hydrogen-bond acceptors (Lipinski definition) is 4. The van der Waals surface area contributed by atoms with E-state index in [1.165, 1.54) is 0 Å². The fourth-order valence-corrected chi connectivity index (χ4v) is 3.17. The molecule has 1 heterocycles. The SMILES string of the molecule is COc1ccc(NC(=O)[C@H](CC(C)C)N2C(=O)c3ccccc3C2=O)cc1.